The van der Waals surface area contributed by atoms with E-state index in [0.717, 1.165) is 5.56 Å². The molecular weight excluding hydrogens is 332 g/mol. The normalized spacial score (nSPS) is 13.5. The standard InChI is InChI=1S/C12H19BrN2O3S/c1-3-18-8-9(2)15-19(16,17)12-6-10(7-14)4-5-11(12)13/h4-6,9,15H,3,7-8,14H2,1-2H3. The Hall–Kier alpha value is -0.470. The van der Waals surface area contributed by atoms with Gasteiger partial charge in [-0.2, -0.15) is 0 Å². The minimum Gasteiger partial charge on any atom is -0.380 e. The SMILES string of the molecule is CCOCC(C)NS(=O)(=O)c1cc(CN)ccc1Br. The number of hydrogen-bond acceptors (Lipinski definition) is 4. The summed E-state index contributed by atoms with van der Waals surface area (Å²) in [5.74, 6) is 0. The summed E-state index contributed by atoms with van der Waals surface area (Å²) in [4.78, 5) is 0.193. The second-order valence-corrected chi connectivity index (χ2v) is 6.69. The van der Waals surface area contributed by atoms with E-state index in [1.807, 2.05) is 6.92 Å². The maximum absolute atomic E-state index is 12.3. The smallest absolute Gasteiger partial charge is 0.242 e. The van der Waals surface area contributed by atoms with Crippen molar-refractivity contribution in [3.05, 3.63) is 28.2 Å². The fraction of sp³-hybridized carbons (Fsp3) is 0.500. The topological polar surface area (TPSA) is 81.4 Å². The van der Waals surface area contributed by atoms with Crippen LogP contribution >= 0.6 is 15.9 Å². The fourth-order valence-corrected chi connectivity index (χ4v) is 3.78. The quantitative estimate of drug-likeness (QED) is 0.782. The lowest BCUT2D eigenvalue weighted by Crippen LogP contribution is -2.36. The summed E-state index contributed by atoms with van der Waals surface area (Å²) in [5, 5.41) is 0. The van der Waals surface area contributed by atoms with E-state index in [4.69, 9.17) is 10.5 Å². The van der Waals surface area contributed by atoms with Crippen molar-refractivity contribution < 1.29 is 13.2 Å². The molecule has 0 fully saturated rings. The van der Waals surface area contributed by atoms with E-state index < -0.39 is 10.0 Å². The third-order valence-corrected chi connectivity index (χ3v) is 5.03. The third-order valence-electron chi connectivity index (χ3n) is 2.45. The molecule has 0 spiro atoms. The molecule has 5 nitrogen and oxygen atoms in total. The number of nitrogens with one attached hydrogen (secondary N) is 1. The van der Waals surface area contributed by atoms with Crippen molar-refractivity contribution in [1.29, 1.82) is 0 Å². The molecule has 0 saturated heterocycles. The van der Waals surface area contributed by atoms with Crippen LogP contribution in [0.5, 0.6) is 0 Å². The average Bonchev–Trinajstić information content (AvgIpc) is 2.36. The molecule has 7 heteroatoms. The molecule has 0 saturated carbocycles. The highest BCUT2D eigenvalue weighted by Gasteiger charge is 2.20. The summed E-state index contributed by atoms with van der Waals surface area (Å²) in [6, 6.07) is 4.75. The highest BCUT2D eigenvalue weighted by Crippen LogP contribution is 2.23. The Labute approximate surface area is 122 Å². The predicted molar refractivity (Wildman–Crippen MR) is 78.3 cm³/mol. The van der Waals surface area contributed by atoms with Crippen molar-refractivity contribution in [2.45, 2.75) is 31.3 Å². The zero-order valence-electron chi connectivity index (χ0n) is 11.0. The molecule has 0 aromatic heterocycles. The van der Waals surface area contributed by atoms with Crippen LogP contribution in [-0.2, 0) is 21.3 Å². The van der Waals surface area contributed by atoms with Gasteiger partial charge in [-0.3, -0.25) is 0 Å². The molecule has 1 rings (SSSR count). The molecule has 19 heavy (non-hydrogen) atoms. The first-order valence-corrected chi connectivity index (χ1v) is 8.27. The molecule has 0 heterocycles. The maximum atomic E-state index is 12.3. The Morgan fingerprint density at radius 1 is 1.47 bits per heavy atom. The van der Waals surface area contributed by atoms with Crippen molar-refractivity contribution in [2.75, 3.05) is 13.2 Å². The van der Waals surface area contributed by atoms with Crippen LogP contribution < -0.4 is 10.5 Å². The summed E-state index contributed by atoms with van der Waals surface area (Å²) >= 11 is 3.25. The van der Waals surface area contributed by atoms with E-state index in [1.54, 1.807) is 25.1 Å². The van der Waals surface area contributed by atoms with E-state index >= 15 is 0 Å². The highest BCUT2D eigenvalue weighted by molar-refractivity contribution is 9.10. The lowest BCUT2D eigenvalue weighted by atomic mass is 10.2. The van der Waals surface area contributed by atoms with Crippen molar-refractivity contribution >= 4 is 26.0 Å². The van der Waals surface area contributed by atoms with Crippen LogP contribution in [0.4, 0.5) is 0 Å². The van der Waals surface area contributed by atoms with Crippen LogP contribution in [-0.4, -0.2) is 27.7 Å². The van der Waals surface area contributed by atoms with Crippen LogP contribution in [0.2, 0.25) is 0 Å². The summed E-state index contributed by atoms with van der Waals surface area (Å²) in [6.45, 7) is 4.81. The maximum Gasteiger partial charge on any atom is 0.242 e. The molecule has 108 valence electrons. The molecule has 3 N–H and O–H groups in total. The van der Waals surface area contributed by atoms with Crippen molar-refractivity contribution in [3.8, 4) is 0 Å². The van der Waals surface area contributed by atoms with Gasteiger partial charge < -0.3 is 10.5 Å². The number of ether oxygens (including phenoxy) is 1. The number of benzene rings is 1. The lowest BCUT2D eigenvalue weighted by Gasteiger charge is -2.15. The van der Waals surface area contributed by atoms with Crippen LogP contribution in [0.3, 0.4) is 0 Å². The molecule has 0 aliphatic carbocycles. The zero-order valence-corrected chi connectivity index (χ0v) is 13.4. The number of sulfonamides is 1. The monoisotopic (exact) mass is 350 g/mol. The predicted octanol–water partition coefficient (Wildman–Crippen LogP) is 1.61. The van der Waals surface area contributed by atoms with E-state index in [9.17, 15) is 8.42 Å². The summed E-state index contributed by atoms with van der Waals surface area (Å²) < 4.78 is 32.8. The number of hydrogen-bond donors (Lipinski definition) is 2. The van der Waals surface area contributed by atoms with Gasteiger partial charge in [-0.1, -0.05) is 6.07 Å². The molecule has 0 aliphatic heterocycles. The first-order chi connectivity index (χ1) is 8.90. The average molecular weight is 351 g/mol. The Morgan fingerprint density at radius 2 is 2.16 bits per heavy atom. The molecule has 0 amide bonds. The van der Waals surface area contributed by atoms with Gasteiger partial charge >= 0.3 is 0 Å². The van der Waals surface area contributed by atoms with E-state index in [0.29, 0.717) is 24.2 Å². The summed E-state index contributed by atoms with van der Waals surface area (Å²) in [7, 11) is -3.59. The molecule has 0 bridgehead atoms. The Balaban J connectivity index is 2.93. The van der Waals surface area contributed by atoms with Crippen LogP contribution in [0.1, 0.15) is 19.4 Å². The second-order valence-electron chi connectivity index (χ2n) is 4.15. The largest absolute Gasteiger partial charge is 0.380 e. The number of halogens is 1. The van der Waals surface area contributed by atoms with Gasteiger partial charge in [0.15, 0.2) is 0 Å². The highest BCUT2D eigenvalue weighted by atomic mass is 79.9. The third kappa shape index (κ3) is 4.85. The summed E-state index contributed by atoms with van der Waals surface area (Å²) in [5.41, 5.74) is 6.29. The molecular formula is C12H19BrN2O3S. The van der Waals surface area contributed by atoms with E-state index in [-0.39, 0.29) is 10.9 Å². The van der Waals surface area contributed by atoms with Crippen LogP contribution in [0, 0.1) is 0 Å². The van der Waals surface area contributed by atoms with Gasteiger partial charge in [0.2, 0.25) is 10.0 Å². The second kappa shape index (κ2) is 7.35. The first kappa shape index (κ1) is 16.6. The van der Waals surface area contributed by atoms with Gasteiger partial charge in [0.1, 0.15) is 0 Å². The van der Waals surface area contributed by atoms with Crippen LogP contribution in [0.15, 0.2) is 27.6 Å². The van der Waals surface area contributed by atoms with Crippen molar-refractivity contribution in [3.63, 3.8) is 0 Å². The van der Waals surface area contributed by atoms with E-state index in [1.165, 1.54) is 0 Å². The Morgan fingerprint density at radius 3 is 2.74 bits per heavy atom. The fourth-order valence-electron chi connectivity index (χ4n) is 1.54. The van der Waals surface area contributed by atoms with Gasteiger partial charge in [0.25, 0.3) is 0 Å². The number of nitrogens with two attached hydrogens (primary N) is 1. The lowest BCUT2D eigenvalue weighted by molar-refractivity contribution is 0.133. The van der Waals surface area contributed by atoms with Gasteiger partial charge in [-0.05, 0) is 47.5 Å². The molecule has 0 aliphatic rings. The molecule has 1 aromatic carbocycles. The van der Waals surface area contributed by atoms with Gasteiger partial charge in [0.05, 0.1) is 11.5 Å². The minimum atomic E-state index is -3.59. The Kier molecular flexibility index (Phi) is 6.41. The van der Waals surface area contributed by atoms with E-state index in [2.05, 4.69) is 20.7 Å². The molecule has 1 atom stereocenters. The zero-order chi connectivity index (χ0) is 14.5. The van der Waals surface area contributed by atoms with Gasteiger partial charge in [-0.25, -0.2) is 13.1 Å². The van der Waals surface area contributed by atoms with Gasteiger partial charge in [0, 0.05) is 23.7 Å². The summed E-state index contributed by atoms with van der Waals surface area (Å²) in [6.07, 6.45) is 0. The number of rotatable bonds is 7. The minimum absolute atomic E-state index is 0.193. The molecule has 1 aromatic rings. The van der Waals surface area contributed by atoms with Gasteiger partial charge in [-0.15, -0.1) is 0 Å². The van der Waals surface area contributed by atoms with Crippen molar-refractivity contribution in [1.82, 2.24) is 4.72 Å². The Bertz CT molecular complexity index is 520. The van der Waals surface area contributed by atoms with Crippen LogP contribution in [0.25, 0.3) is 0 Å². The first-order valence-electron chi connectivity index (χ1n) is 5.99. The molecule has 0 radical (unpaired) electrons. The van der Waals surface area contributed by atoms with Crippen molar-refractivity contribution in [2.24, 2.45) is 5.73 Å². The molecule has 1 unspecified atom stereocenters.